The minimum absolute atomic E-state index is 0.00653. The predicted octanol–water partition coefficient (Wildman–Crippen LogP) is 4.91. The fourth-order valence-electron chi connectivity index (χ4n) is 2.21. The maximum Gasteiger partial charge on any atom is 0.238 e. The molecule has 0 unspecified atom stereocenters. The number of anilines is 1. The summed E-state index contributed by atoms with van der Waals surface area (Å²) in [5, 5.41) is 0.493. The van der Waals surface area contributed by atoms with Crippen LogP contribution in [0.4, 0.5) is 10.1 Å². The third kappa shape index (κ3) is 2.89. The molecule has 0 spiro atoms. The normalized spacial score (nSPS) is 18.3. The number of halogens is 3. The Morgan fingerprint density at radius 2 is 1.86 bits per heavy atom. The fourth-order valence-corrected chi connectivity index (χ4v) is 3.69. The van der Waals surface area contributed by atoms with Crippen LogP contribution >= 0.6 is 35.0 Å². The first kappa shape index (κ1) is 14.7. The predicted molar refractivity (Wildman–Crippen MR) is 85.5 cm³/mol. The topological polar surface area (TPSA) is 20.3 Å². The fraction of sp³-hybridized carbons (Fsp3) is 0.133. The van der Waals surface area contributed by atoms with Crippen LogP contribution in [0.5, 0.6) is 0 Å². The molecule has 1 heterocycles. The van der Waals surface area contributed by atoms with E-state index in [1.807, 2.05) is 12.1 Å². The average molecular weight is 342 g/mol. The molecule has 1 atom stereocenters. The van der Waals surface area contributed by atoms with Crippen molar-refractivity contribution in [2.75, 3.05) is 10.7 Å². The average Bonchev–Trinajstić information content (AvgIpc) is 2.85. The molecule has 1 saturated heterocycles. The van der Waals surface area contributed by atoms with Gasteiger partial charge in [0.2, 0.25) is 5.91 Å². The van der Waals surface area contributed by atoms with Gasteiger partial charge < -0.3 is 0 Å². The highest BCUT2D eigenvalue weighted by Crippen LogP contribution is 2.42. The largest absolute Gasteiger partial charge is 0.295 e. The van der Waals surface area contributed by atoms with Crippen molar-refractivity contribution in [3.8, 4) is 0 Å². The monoisotopic (exact) mass is 341 g/mol. The van der Waals surface area contributed by atoms with Crippen LogP contribution in [0.3, 0.4) is 0 Å². The Morgan fingerprint density at radius 1 is 1.14 bits per heavy atom. The summed E-state index contributed by atoms with van der Waals surface area (Å²) in [5.74, 6) is -0.146. The summed E-state index contributed by atoms with van der Waals surface area (Å²) in [4.78, 5) is 13.8. The van der Waals surface area contributed by atoms with Crippen LogP contribution in [0, 0.1) is 5.82 Å². The zero-order valence-electron chi connectivity index (χ0n) is 10.7. The van der Waals surface area contributed by atoms with E-state index in [1.165, 1.54) is 23.9 Å². The lowest BCUT2D eigenvalue weighted by Gasteiger charge is -2.24. The highest BCUT2D eigenvalue weighted by molar-refractivity contribution is 8.00. The van der Waals surface area contributed by atoms with Gasteiger partial charge in [0.25, 0.3) is 0 Å². The molecule has 0 N–H and O–H groups in total. The minimum Gasteiger partial charge on any atom is -0.295 e. The first-order valence-electron chi connectivity index (χ1n) is 6.20. The molecule has 2 aromatic rings. The quantitative estimate of drug-likeness (QED) is 0.773. The SMILES string of the molecule is O=C1CS[C@@H](c2ccc(Cl)cc2)N1c1ccc(F)c(Cl)c1. The molecule has 2 aromatic carbocycles. The molecular formula is C15H10Cl2FNOS. The second-order valence-electron chi connectivity index (χ2n) is 4.58. The number of hydrogen-bond donors (Lipinski definition) is 0. The van der Waals surface area contributed by atoms with Crippen molar-refractivity contribution in [2.45, 2.75) is 5.37 Å². The van der Waals surface area contributed by atoms with E-state index in [-0.39, 0.29) is 16.3 Å². The first-order valence-corrected chi connectivity index (χ1v) is 8.01. The summed E-state index contributed by atoms with van der Waals surface area (Å²) in [6.07, 6.45) is 0. The molecule has 1 aliphatic rings. The van der Waals surface area contributed by atoms with Crippen LogP contribution < -0.4 is 4.90 Å². The molecule has 0 radical (unpaired) electrons. The van der Waals surface area contributed by atoms with Crippen molar-refractivity contribution in [1.82, 2.24) is 0 Å². The van der Waals surface area contributed by atoms with Crippen molar-refractivity contribution >= 4 is 46.6 Å². The number of nitrogens with zero attached hydrogens (tertiary/aromatic N) is 1. The number of rotatable bonds is 2. The number of benzene rings is 2. The third-order valence-corrected chi connectivity index (χ3v) is 4.96. The Kier molecular flexibility index (Phi) is 4.11. The zero-order chi connectivity index (χ0) is 15.0. The van der Waals surface area contributed by atoms with Crippen molar-refractivity contribution in [3.05, 3.63) is 63.9 Å². The second kappa shape index (κ2) is 5.87. The van der Waals surface area contributed by atoms with Crippen LogP contribution in [0.15, 0.2) is 42.5 Å². The molecule has 0 saturated carbocycles. The zero-order valence-corrected chi connectivity index (χ0v) is 13.1. The van der Waals surface area contributed by atoms with Gasteiger partial charge in [-0.15, -0.1) is 11.8 Å². The molecule has 6 heteroatoms. The molecule has 1 fully saturated rings. The van der Waals surface area contributed by atoms with Gasteiger partial charge in [-0.1, -0.05) is 35.3 Å². The summed E-state index contributed by atoms with van der Waals surface area (Å²) in [6, 6.07) is 11.7. The van der Waals surface area contributed by atoms with Gasteiger partial charge >= 0.3 is 0 Å². The summed E-state index contributed by atoms with van der Waals surface area (Å²) in [6.45, 7) is 0. The lowest BCUT2D eigenvalue weighted by molar-refractivity contribution is -0.115. The standard InChI is InChI=1S/C15H10Cl2FNOS/c16-10-3-1-9(2-4-10)15-19(14(20)8-21-15)11-5-6-13(18)12(17)7-11/h1-7,15H,8H2/t15-/m0/s1. The van der Waals surface area contributed by atoms with Gasteiger partial charge in [0.1, 0.15) is 11.2 Å². The molecule has 108 valence electrons. The summed E-state index contributed by atoms with van der Waals surface area (Å²) in [7, 11) is 0. The lowest BCUT2D eigenvalue weighted by atomic mass is 10.2. The van der Waals surface area contributed by atoms with Crippen molar-refractivity contribution in [2.24, 2.45) is 0 Å². The molecule has 1 aliphatic heterocycles. The van der Waals surface area contributed by atoms with Crippen LogP contribution in [-0.2, 0) is 4.79 Å². The van der Waals surface area contributed by atoms with Crippen LogP contribution in [-0.4, -0.2) is 11.7 Å². The summed E-state index contributed by atoms with van der Waals surface area (Å²) in [5.41, 5.74) is 1.56. The second-order valence-corrected chi connectivity index (χ2v) is 6.49. The third-order valence-electron chi connectivity index (χ3n) is 3.20. The van der Waals surface area contributed by atoms with Crippen LogP contribution in [0.2, 0.25) is 10.0 Å². The Hall–Kier alpha value is -1.23. The van der Waals surface area contributed by atoms with Gasteiger partial charge in [-0.3, -0.25) is 9.69 Å². The van der Waals surface area contributed by atoms with Gasteiger partial charge in [-0.05, 0) is 35.9 Å². The van der Waals surface area contributed by atoms with Crippen molar-refractivity contribution in [3.63, 3.8) is 0 Å². The van der Waals surface area contributed by atoms with Gasteiger partial charge in [0.05, 0.1) is 10.8 Å². The van der Waals surface area contributed by atoms with E-state index >= 15 is 0 Å². The molecule has 2 nitrogen and oxygen atoms in total. The molecule has 1 amide bonds. The Bertz CT molecular complexity index is 693. The van der Waals surface area contributed by atoms with Crippen molar-refractivity contribution in [1.29, 1.82) is 0 Å². The summed E-state index contributed by atoms with van der Waals surface area (Å²) >= 11 is 13.2. The molecule has 0 aromatic heterocycles. The maximum atomic E-state index is 13.3. The van der Waals surface area contributed by atoms with Crippen LogP contribution in [0.1, 0.15) is 10.9 Å². The smallest absolute Gasteiger partial charge is 0.238 e. The number of thioether (sulfide) groups is 1. The Labute approximate surface area is 135 Å². The van der Waals surface area contributed by atoms with Gasteiger partial charge in [0, 0.05) is 10.7 Å². The molecular weight excluding hydrogens is 332 g/mol. The van der Waals surface area contributed by atoms with Crippen molar-refractivity contribution < 1.29 is 9.18 Å². The maximum absolute atomic E-state index is 13.3. The number of carbonyl (C=O) groups excluding carboxylic acids is 1. The lowest BCUT2D eigenvalue weighted by Crippen LogP contribution is -2.27. The van der Waals surface area contributed by atoms with Gasteiger partial charge in [-0.25, -0.2) is 4.39 Å². The molecule has 0 bridgehead atoms. The van der Waals surface area contributed by atoms with Gasteiger partial charge in [-0.2, -0.15) is 0 Å². The first-order chi connectivity index (χ1) is 10.1. The number of carbonyl (C=O) groups is 1. The molecule has 0 aliphatic carbocycles. The van der Waals surface area contributed by atoms with E-state index < -0.39 is 5.82 Å². The summed E-state index contributed by atoms with van der Waals surface area (Å²) < 4.78 is 13.3. The highest BCUT2D eigenvalue weighted by Gasteiger charge is 2.34. The Balaban J connectivity index is 1.99. The van der Waals surface area contributed by atoms with E-state index in [0.717, 1.165) is 5.56 Å². The van der Waals surface area contributed by atoms with E-state index in [0.29, 0.717) is 16.5 Å². The van der Waals surface area contributed by atoms with E-state index in [4.69, 9.17) is 23.2 Å². The highest BCUT2D eigenvalue weighted by atomic mass is 35.5. The van der Waals surface area contributed by atoms with E-state index in [1.54, 1.807) is 23.1 Å². The molecule has 21 heavy (non-hydrogen) atoms. The van der Waals surface area contributed by atoms with Gasteiger partial charge in [0.15, 0.2) is 0 Å². The number of amides is 1. The Morgan fingerprint density at radius 3 is 2.52 bits per heavy atom. The number of hydrogen-bond acceptors (Lipinski definition) is 2. The molecule has 3 rings (SSSR count). The van der Waals surface area contributed by atoms with Crippen LogP contribution in [0.25, 0.3) is 0 Å². The van der Waals surface area contributed by atoms with E-state index in [2.05, 4.69) is 0 Å². The minimum atomic E-state index is -0.497. The van der Waals surface area contributed by atoms with E-state index in [9.17, 15) is 9.18 Å².